The maximum absolute atomic E-state index is 12.5. The number of alkyl halides is 2. The highest BCUT2D eigenvalue weighted by Crippen LogP contribution is 2.29. The molecule has 1 aromatic rings. The Morgan fingerprint density at radius 3 is 2.75 bits per heavy atom. The average molecular weight is 342 g/mol. The lowest BCUT2D eigenvalue weighted by atomic mass is 10.2. The summed E-state index contributed by atoms with van der Waals surface area (Å²) in [6, 6.07) is 1.40. The first-order chi connectivity index (χ1) is 7.45. The number of carbonyl (C=O) groups is 1. The number of nitrogen functional groups attached to an aromatic ring is 1. The number of rotatable bonds is 3. The summed E-state index contributed by atoms with van der Waals surface area (Å²) in [5.41, 5.74) is 5.41. The van der Waals surface area contributed by atoms with E-state index < -0.39 is 12.4 Å². The largest absolute Gasteiger partial charge is 0.469 e. The van der Waals surface area contributed by atoms with Gasteiger partial charge in [-0.25, -0.2) is 13.8 Å². The van der Waals surface area contributed by atoms with Gasteiger partial charge >= 0.3 is 5.97 Å². The Balaban J connectivity index is 3.05. The van der Waals surface area contributed by atoms with Crippen molar-refractivity contribution >= 4 is 34.4 Å². The molecule has 0 atom stereocenters. The van der Waals surface area contributed by atoms with E-state index in [4.69, 9.17) is 5.73 Å². The quantitative estimate of drug-likeness (QED) is 0.673. The van der Waals surface area contributed by atoms with Gasteiger partial charge in [0.1, 0.15) is 5.82 Å². The molecule has 0 saturated carbocycles. The number of nitrogens with zero attached hydrogens (tertiary/aromatic N) is 1. The van der Waals surface area contributed by atoms with Gasteiger partial charge in [-0.05, 0) is 28.7 Å². The van der Waals surface area contributed by atoms with Crippen molar-refractivity contribution in [1.29, 1.82) is 0 Å². The van der Waals surface area contributed by atoms with Crippen molar-refractivity contribution in [3.63, 3.8) is 0 Å². The molecule has 4 nitrogen and oxygen atoms in total. The predicted molar refractivity (Wildman–Crippen MR) is 62.0 cm³/mol. The summed E-state index contributed by atoms with van der Waals surface area (Å²) in [7, 11) is 1.24. The molecule has 0 radical (unpaired) electrons. The lowest BCUT2D eigenvalue weighted by Gasteiger charge is -2.08. The lowest BCUT2D eigenvalue weighted by Crippen LogP contribution is -2.10. The van der Waals surface area contributed by atoms with Gasteiger partial charge in [0.05, 0.1) is 24.8 Å². The van der Waals surface area contributed by atoms with Crippen molar-refractivity contribution in [3.05, 3.63) is 20.9 Å². The van der Waals surface area contributed by atoms with E-state index in [0.29, 0.717) is 9.26 Å². The molecule has 0 aliphatic rings. The Bertz CT molecular complexity index is 389. The van der Waals surface area contributed by atoms with Crippen molar-refractivity contribution < 1.29 is 18.3 Å². The fourth-order valence-corrected chi connectivity index (χ4v) is 1.99. The van der Waals surface area contributed by atoms with E-state index in [1.165, 1.54) is 13.2 Å². The molecule has 1 heterocycles. The molecular formula is C9H9F2IN2O2. The summed E-state index contributed by atoms with van der Waals surface area (Å²) in [6.45, 7) is 0. The molecule has 16 heavy (non-hydrogen) atoms. The number of pyridine rings is 1. The number of aromatic nitrogens is 1. The number of nitrogens with two attached hydrogens (primary N) is 1. The minimum absolute atomic E-state index is 0.0831. The van der Waals surface area contributed by atoms with Gasteiger partial charge in [-0.1, -0.05) is 0 Å². The molecule has 2 N–H and O–H groups in total. The van der Waals surface area contributed by atoms with Crippen LogP contribution in [0.25, 0.3) is 0 Å². The molecule has 0 spiro atoms. The molecule has 1 aromatic heterocycles. The second kappa shape index (κ2) is 5.37. The van der Waals surface area contributed by atoms with Crippen LogP contribution < -0.4 is 5.73 Å². The number of anilines is 1. The normalized spacial score (nSPS) is 10.6. The standard InChI is InChI=1S/C9H9F2IN2O2/c1-16-6(15)3-4-2-5(12)7(8(10)11)9(13)14-4/h2,8H,3H2,1H3,(H2,13,14). The summed E-state index contributed by atoms with van der Waals surface area (Å²) in [4.78, 5) is 14.7. The summed E-state index contributed by atoms with van der Waals surface area (Å²) in [5.74, 6) is -0.742. The third kappa shape index (κ3) is 3.00. The highest BCUT2D eigenvalue weighted by Gasteiger charge is 2.18. The molecular weight excluding hydrogens is 333 g/mol. The second-order valence-electron chi connectivity index (χ2n) is 2.95. The van der Waals surface area contributed by atoms with Crippen LogP contribution in [-0.2, 0) is 16.0 Å². The van der Waals surface area contributed by atoms with E-state index in [9.17, 15) is 13.6 Å². The molecule has 0 amide bonds. The Morgan fingerprint density at radius 2 is 2.31 bits per heavy atom. The number of esters is 1. The first-order valence-corrected chi connectivity index (χ1v) is 5.33. The van der Waals surface area contributed by atoms with E-state index in [0.717, 1.165) is 0 Å². The second-order valence-corrected chi connectivity index (χ2v) is 4.11. The van der Waals surface area contributed by atoms with Gasteiger partial charge in [-0.3, -0.25) is 4.79 Å². The van der Waals surface area contributed by atoms with Crippen LogP contribution in [-0.4, -0.2) is 18.1 Å². The van der Waals surface area contributed by atoms with Gasteiger partial charge < -0.3 is 10.5 Å². The fraction of sp³-hybridized carbons (Fsp3) is 0.333. The monoisotopic (exact) mass is 342 g/mol. The van der Waals surface area contributed by atoms with Crippen LogP contribution in [0.2, 0.25) is 0 Å². The number of halogens is 3. The highest BCUT2D eigenvalue weighted by atomic mass is 127. The van der Waals surface area contributed by atoms with Crippen LogP contribution in [0.4, 0.5) is 14.6 Å². The zero-order valence-electron chi connectivity index (χ0n) is 8.34. The minimum Gasteiger partial charge on any atom is -0.469 e. The Morgan fingerprint density at radius 1 is 1.69 bits per heavy atom. The molecule has 1 rings (SSSR count). The molecule has 0 aromatic carbocycles. The third-order valence-corrected chi connectivity index (χ3v) is 2.75. The van der Waals surface area contributed by atoms with Crippen molar-refractivity contribution in [2.45, 2.75) is 12.8 Å². The molecule has 7 heteroatoms. The topological polar surface area (TPSA) is 65.2 Å². The molecule has 0 unspecified atom stereocenters. The average Bonchev–Trinajstić information content (AvgIpc) is 2.15. The van der Waals surface area contributed by atoms with Crippen LogP contribution in [0.1, 0.15) is 17.7 Å². The zero-order chi connectivity index (χ0) is 12.3. The van der Waals surface area contributed by atoms with Crippen LogP contribution >= 0.6 is 22.6 Å². The lowest BCUT2D eigenvalue weighted by molar-refractivity contribution is -0.139. The van der Waals surface area contributed by atoms with Gasteiger partial charge in [0.2, 0.25) is 0 Å². The Hall–Kier alpha value is -0.990. The van der Waals surface area contributed by atoms with Crippen LogP contribution in [0.3, 0.4) is 0 Å². The third-order valence-electron chi connectivity index (χ3n) is 1.86. The summed E-state index contributed by atoms with van der Waals surface area (Å²) in [6.07, 6.45) is -2.76. The van der Waals surface area contributed by atoms with Crippen LogP contribution in [0.15, 0.2) is 6.07 Å². The van der Waals surface area contributed by atoms with E-state index in [1.807, 2.05) is 0 Å². The van der Waals surface area contributed by atoms with Gasteiger partial charge in [0.15, 0.2) is 0 Å². The summed E-state index contributed by atoms with van der Waals surface area (Å²) >= 11 is 1.73. The molecule has 88 valence electrons. The van der Waals surface area contributed by atoms with E-state index in [2.05, 4.69) is 9.72 Å². The number of hydrogen-bond donors (Lipinski definition) is 1. The van der Waals surface area contributed by atoms with Crippen molar-refractivity contribution in [1.82, 2.24) is 4.98 Å². The van der Waals surface area contributed by atoms with Crippen LogP contribution in [0.5, 0.6) is 0 Å². The van der Waals surface area contributed by atoms with E-state index >= 15 is 0 Å². The Labute approximate surface area is 104 Å². The Kier molecular flexibility index (Phi) is 4.39. The molecule has 0 aliphatic heterocycles. The molecule has 0 bridgehead atoms. The SMILES string of the molecule is COC(=O)Cc1cc(I)c(C(F)F)c(N)n1. The van der Waals surface area contributed by atoms with Crippen molar-refractivity contribution in [2.75, 3.05) is 12.8 Å². The molecule has 0 saturated heterocycles. The van der Waals surface area contributed by atoms with Crippen LogP contribution in [0, 0.1) is 3.57 Å². The van der Waals surface area contributed by atoms with Crippen molar-refractivity contribution in [3.8, 4) is 0 Å². The van der Waals surface area contributed by atoms with E-state index in [-0.39, 0.29) is 17.8 Å². The first kappa shape index (κ1) is 13.1. The van der Waals surface area contributed by atoms with E-state index in [1.54, 1.807) is 22.6 Å². The summed E-state index contributed by atoms with van der Waals surface area (Å²) in [5, 5.41) is 0. The number of carbonyl (C=O) groups excluding carboxylic acids is 1. The molecule has 0 fully saturated rings. The first-order valence-electron chi connectivity index (χ1n) is 4.25. The number of ether oxygens (including phenoxy) is 1. The molecule has 0 aliphatic carbocycles. The highest BCUT2D eigenvalue weighted by molar-refractivity contribution is 14.1. The maximum Gasteiger partial charge on any atom is 0.311 e. The number of hydrogen-bond acceptors (Lipinski definition) is 4. The van der Waals surface area contributed by atoms with Gasteiger partial charge in [0, 0.05) is 3.57 Å². The minimum atomic E-state index is -2.67. The van der Waals surface area contributed by atoms with Gasteiger partial charge in [-0.15, -0.1) is 0 Å². The summed E-state index contributed by atoms with van der Waals surface area (Å²) < 4.78 is 29.8. The predicted octanol–water partition coefficient (Wildman–Crippen LogP) is 1.92. The van der Waals surface area contributed by atoms with Gasteiger partial charge in [-0.2, -0.15) is 0 Å². The van der Waals surface area contributed by atoms with Gasteiger partial charge in [0.25, 0.3) is 6.43 Å². The number of methoxy groups -OCH3 is 1. The smallest absolute Gasteiger partial charge is 0.311 e. The van der Waals surface area contributed by atoms with Crippen molar-refractivity contribution in [2.24, 2.45) is 0 Å². The zero-order valence-corrected chi connectivity index (χ0v) is 10.5. The maximum atomic E-state index is 12.5. The fourth-order valence-electron chi connectivity index (χ4n) is 1.12.